The summed E-state index contributed by atoms with van der Waals surface area (Å²) in [6, 6.07) is 5.27. The van der Waals surface area contributed by atoms with Crippen LogP contribution in [0.2, 0.25) is 0 Å². The molecule has 5 heteroatoms. The van der Waals surface area contributed by atoms with Crippen molar-refractivity contribution in [1.29, 1.82) is 0 Å². The molecule has 1 amide bonds. The maximum absolute atomic E-state index is 12.0. The number of rotatable bonds is 7. The van der Waals surface area contributed by atoms with Gasteiger partial charge in [0.15, 0.2) is 11.5 Å². The van der Waals surface area contributed by atoms with Gasteiger partial charge in [-0.2, -0.15) is 0 Å². The van der Waals surface area contributed by atoms with Gasteiger partial charge in [-0.05, 0) is 49.3 Å². The lowest BCUT2D eigenvalue weighted by atomic mass is 10.0. The van der Waals surface area contributed by atoms with Crippen LogP contribution in [0.1, 0.15) is 45.1 Å². The minimum atomic E-state index is -0.484. The molecular formula is C18H28N2O3. The third-order valence-electron chi connectivity index (χ3n) is 4.31. The predicted molar refractivity (Wildman–Crippen MR) is 90.5 cm³/mol. The largest absolute Gasteiger partial charge is 0.493 e. The summed E-state index contributed by atoms with van der Waals surface area (Å²) < 4.78 is 11.4. The van der Waals surface area contributed by atoms with E-state index in [-0.39, 0.29) is 17.9 Å². The van der Waals surface area contributed by atoms with Gasteiger partial charge >= 0.3 is 0 Å². The summed E-state index contributed by atoms with van der Waals surface area (Å²) >= 11 is 0. The fourth-order valence-corrected chi connectivity index (χ4v) is 2.72. The molecule has 0 aromatic heterocycles. The highest BCUT2D eigenvalue weighted by Gasteiger charge is 2.19. The van der Waals surface area contributed by atoms with E-state index >= 15 is 0 Å². The Morgan fingerprint density at radius 1 is 1.30 bits per heavy atom. The molecule has 1 aliphatic rings. The first kappa shape index (κ1) is 17.6. The van der Waals surface area contributed by atoms with Crippen LogP contribution in [-0.4, -0.2) is 25.2 Å². The minimum absolute atomic E-state index is 0.118. The van der Waals surface area contributed by atoms with Crippen LogP contribution in [0.25, 0.3) is 0 Å². The maximum atomic E-state index is 12.0. The zero-order chi connectivity index (χ0) is 16.8. The van der Waals surface area contributed by atoms with Gasteiger partial charge in [0.1, 0.15) is 0 Å². The molecule has 1 saturated carbocycles. The highest BCUT2D eigenvalue weighted by atomic mass is 16.5. The molecule has 1 aliphatic carbocycles. The fraction of sp³-hybridized carbons (Fsp3) is 0.611. The second-order valence-electron chi connectivity index (χ2n) is 6.50. The van der Waals surface area contributed by atoms with Crippen molar-refractivity contribution in [3.05, 3.63) is 23.8 Å². The Morgan fingerprint density at radius 2 is 2.00 bits per heavy atom. The van der Waals surface area contributed by atoms with Gasteiger partial charge < -0.3 is 20.5 Å². The van der Waals surface area contributed by atoms with Crippen LogP contribution in [0, 0.1) is 5.92 Å². The van der Waals surface area contributed by atoms with E-state index in [1.54, 1.807) is 7.11 Å². The van der Waals surface area contributed by atoms with Crippen LogP contribution in [0.4, 0.5) is 0 Å². The number of hydrogen-bond acceptors (Lipinski definition) is 4. The SMILES string of the molecule is COc1ccc(CNC(=O)[C@@H](N)C(C)C)cc1OC1CCCC1. The first-order valence-electron chi connectivity index (χ1n) is 8.38. The first-order chi connectivity index (χ1) is 11.0. The number of nitrogens with two attached hydrogens (primary N) is 1. The highest BCUT2D eigenvalue weighted by Crippen LogP contribution is 2.32. The molecule has 5 nitrogen and oxygen atoms in total. The zero-order valence-electron chi connectivity index (χ0n) is 14.3. The molecule has 0 unspecified atom stereocenters. The van der Waals surface area contributed by atoms with Gasteiger partial charge in [-0.3, -0.25) is 4.79 Å². The van der Waals surface area contributed by atoms with Crippen molar-refractivity contribution in [2.24, 2.45) is 11.7 Å². The van der Waals surface area contributed by atoms with Crippen LogP contribution in [0.15, 0.2) is 18.2 Å². The summed E-state index contributed by atoms with van der Waals surface area (Å²) in [5, 5.41) is 2.88. The summed E-state index contributed by atoms with van der Waals surface area (Å²) in [4.78, 5) is 12.0. The first-order valence-corrected chi connectivity index (χ1v) is 8.38. The Labute approximate surface area is 138 Å². The lowest BCUT2D eigenvalue weighted by Crippen LogP contribution is -2.43. The molecule has 0 saturated heterocycles. The van der Waals surface area contributed by atoms with E-state index in [4.69, 9.17) is 15.2 Å². The van der Waals surface area contributed by atoms with E-state index < -0.39 is 6.04 Å². The van der Waals surface area contributed by atoms with Gasteiger partial charge in [0.05, 0.1) is 19.3 Å². The van der Waals surface area contributed by atoms with Crippen molar-refractivity contribution in [3.63, 3.8) is 0 Å². The Balaban J connectivity index is 2.00. The Morgan fingerprint density at radius 3 is 2.61 bits per heavy atom. The zero-order valence-corrected chi connectivity index (χ0v) is 14.3. The molecule has 23 heavy (non-hydrogen) atoms. The number of carbonyl (C=O) groups is 1. The number of amides is 1. The number of hydrogen-bond donors (Lipinski definition) is 2. The van der Waals surface area contributed by atoms with Crippen LogP contribution >= 0.6 is 0 Å². The van der Waals surface area contributed by atoms with Gasteiger partial charge in [-0.15, -0.1) is 0 Å². The van der Waals surface area contributed by atoms with Gasteiger partial charge in [-0.25, -0.2) is 0 Å². The number of ether oxygens (including phenoxy) is 2. The van der Waals surface area contributed by atoms with Crippen molar-refractivity contribution >= 4 is 5.91 Å². The Hall–Kier alpha value is -1.75. The average molecular weight is 320 g/mol. The second kappa shape index (κ2) is 8.20. The summed E-state index contributed by atoms with van der Waals surface area (Å²) in [7, 11) is 1.64. The number of benzene rings is 1. The molecule has 128 valence electrons. The van der Waals surface area contributed by atoms with Crippen LogP contribution in [-0.2, 0) is 11.3 Å². The molecule has 1 fully saturated rings. The van der Waals surface area contributed by atoms with E-state index in [0.717, 1.165) is 29.9 Å². The predicted octanol–water partition coefficient (Wildman–Crippen LogP) is 2.62. The van der Waals surface area contributed by atoms with Crippen molar-refractivity contribution in [2.75, 3.05) is 7.11 Å². The fourth-order valence-electron chi connectivity index (χ4n) is 2.72. The number of carbonyl (C=O) groups excluding carboxylic acids is 1. The Kier molecular flexibility index (Phi) is 6.28. The van der Waals surface area contributed by atoms with E-state index in [1.807, 2.05) is 32.0 Å². The molecule has 0 bridgehead atoms. The quantitative estimate of drug-likeness (QED) is 0.810. The van der Waals surface area contributed by atoms with Gasteiger partial charge in [-0.1, -0.05) is 19.9 Å². The standard InChI is InChI=1S/C18H28N2O3/c1-12(2)17(19)18(21)20-11-13-8-9-15(22-3)16(10-13)23-14-6-4-5-7-14/h8-10,12,14,17H,4-7,11,19H2,1-3H3,(H,20,21)/t17-/m0/s1. The summed E-state index contributed by atoms with van der Waals surface area (Å²) in [6.45, 7) is 4.31. The van der Waals surface area contributed by atoms with E-state index in [1.165, 1.54) is 12.8 Å². The van der Waals surface area contributed by atoms with Crippen molar-refractivity contribution in [3.8, 4) is 11.5 Å². The third-order valence-corrected chi connectivity index (χ3v) is 4.31. The topological polar surface area (TPSA) is 73.6 Å². The summed E-state index contributed by atoms with van der Waals surface area (Å²) in [5.41, 5.74) is 6.83. The average Bonchev–Trinajstić information content (AvgIpc) is 3.05. The van der Waals surface area contributed by atoms with Gasteiger partial charge in [0.25, 0.3) is 0 Å². The summed E-state index contributed by atoms with van der Waals surface area (Å²) in [5.74, 6) is 1.46. The molecule has 3 N–H and O–H groups in total. The van der Waals surface area contributed by atoms with E-state index in [9.17, 15) is 4.79 Å². The third kappa shape index (κ3) is 4.86. The molecular weight excluding hydrogens is 292 g/mol. The monoisotopic (exact) mass is 320 g/mol. The van der Waals surface area contributed by atoms with Crippen LogP contribution in [0.5, 0.6) is 11.5 Å². The normalized spacial score (nSPS) is 16.4. The molecule has 0 spiro atoms. The molecule has 1 atom stereocenters. The second-order valence-corrected chi connectivity index (χ2v) is 6.50. The number of nitrogens with one attached hydrogen (secondary N) is 1. The molecule has 1 aromatic rings. The van der Waals surface area contributed by atoms with Gasteiger partial charge in [0, 0.05) is 6.54 Å². The van der Waals surface area contributed by atoms with E-state index in [0.29, 0.717) is 6.54 Å². The molecule has 0 heterocycles. The van der Waals surface area contributed by atoms with Crippen molar-refractivity contribution in [2.45, 2.75) is 58.2 Å². The van der Waals surface area contributed by atoms with Gasteiger partial charge in [0.2, 0.25) is 5.91 Å². The molecule has 0 aliphatic heterocycles. The number of methoxy groups -OCH3 is 1. The van der Waals surface area contributed by atoms with E-state index in [2.05, 4.69) is 5.32 Å². The lowest BCUT2D eigenvalue weighted by molar-refractivity contribution is -0.123. The smallest absolute Gasteiger partial charge is 0.237 e. The molecule has 1 aromatic carbocycles. The van der Waals surface area contributed by atoms with Crippen LogP contribution in [0.3, 0.4) is 0 Å². The maximum Gasteiger partial charge on any atom is 0.237 e. The highest BCUT2D eigenvalue weighted by molar-refractivity contribution is 5.81. The summed E-state index contributed by atoms with van der Waals surface area (Å²) in [6.07, 6.45) is 4.88. The molecule has 2 rings (SSSR count). The molecule has 0 radical (unpaired) electrons. The van der Waals surface area contributed by atoms with Crippen LogP contribution < -0.4 is 20.5 Å². The lowest BCUT2D eigenvalue weighted by Gasteiger charge is -2.18. The minimum Gasteiger partial charge on any atom is -0.493 e. The van der Waals surface area contributed by atoms with Crippen molar-refractivity contribution in [1.82, 2.24) is 5.32 Å². The van der Waals surface area contributed by atoms with Crippen molar-refractivity contribution < 1.29 is 14.3 Å². The Bertz CT molecular complexity index is 525.